The summed E-state index contributed by atoms with van der Waals surface area (Å²) in [5.41, 5.74) is 3.18. The number of carboxylic acids is 1. The second-order valence-electron chi connectivity index (χ2n) is 6.82. The van der Waals surface area contributed by atoms with E-state index >= 15 is 0 Å². The van der Waals surface area contributed by atoms with Crippen LogP contribution in [0.2, 0.25) is 0 Å². The number of carbonyl (C=O) groups is 1. The summed E-state index contributed by atoms with van der Waals surface area (Å²) >= 11 is 0. The maximum atomic E-state index is 11.9. The number of piperidine rings is 1. The predicted molar refractivity (Wildman–Crippen MR) is 102 cm³/mol. The molecule has 26 heavy (non-hydrogen) atoms. The summed E-state index contributed by atoms with van der Waals surface area (Å²) in [6.45, 7) is 0.785. The Bertz CT molecular complexity index is 905. The highest BCUT2D eigenvalue weighted by atomic mass is 16.4. The van der Waals surface area contributed by atoms with E-state index in [4.69, 9.17) is 0 Å². The van der Waals surface area contributed by atoms with E-state index < -0.39 is 12.0 Å². The van der Waals surface area contributed by atoms with Gasteiger partial charge in [0.25, 0.3) is 0 Å². The minimum atomic E-state index is -0.732. The van der Waals surface area contributed by atoms with Gasteiger partial charge in [-0.2, -0.15) is 0 Å². The quantitative estimate of drug-likeness (QED) is 0.767. The van der Waals surface area contributed by atoms with Crippen LogP contribution in [0.5, 0.6) is 0 Å². The van der Waals surface area contributed by atoms with Crippen LogP contribution in [0.1, 0.15) is 36.4 Å². The number of hydrogen-bond acceptors (Lipinski definition) is 3. The van der Waals surface area contributed by atoms with Crippen molar-refractivity contribution in [1.82, 2.24) is 9.88 Å². The molecule has 0 aliphatic carbocycles. The third-order valence-electron chi connectivity index (χ3n) is 5.25. The zero-order valence-electron chi connectivity index (χ0n) is 14.6. The maximum absolute atomic E-state index is 11.9. The lowest BCUT2D eigenvalue weighted by Crippen LogP contribution is -2.46. The van der Waals surface area contributed by atoms with E-state index in [2.05, 4.69) is 28.1 Å². The van der Waals surface area contributed by atoms with Gasteiger partial charge in [0, 0.05) is 11.6 Å². The fourth-order valence-corrected chi connectivity index (χ4v) is 4.07. The van der Waals surface area contributed by atoms with Crippen molar-refractivity contribution in [2.75, 3.05) is 6.54 Å². The van der Waals surface area contributed by atoms with Crippen LogP contribution in [-0.2, 0) is 4.79 Å². The van der Waals surface area contributed by atoms with Crippen LogP contribution in [-0.4, -0.2) is 33.5 Å². The number of fused-ring (bicyclic) bond motifs is 1. The fourth-order valence-electron chi connectivity index (χ4n) is 4.07. The molecule has 0 saturated carbocycles. The average molecular weight is 346 g/mol. The third-order valence-corrected chi connectivity index (χ3v) is 5.25. The number of para-hydroxylation sites is 1. The summed E-state index contributed by atoms with van der Waals surface area (Å²) in [5, 5.41) is 10.9. The molecule has 1 N–H and O–H groups in total. The van der Waals surface area contributed by atoms with E-state index in [1.54, 1.807) is 0 Å². The first kappa shape index (κ1) is 16.7. The van der Waals surface area contributed by atoms with E-state index in [1.807, 2.05) is 48.7 Å². The Morgan fingerprint density at radius 3 is 2.62 bits per heavy atom. The van der Waals surface area contributed by atoms with Crippen LogP contribution >= 0.6 is 0 Å². The summed E-state index contributed by atoms with van der Waals surface area (Å²) < 4.78 is 0. The number of benzene rings is 2. The summed E-state index contributed by atoms with van der Waals surface area (Å²) in [4.78, 5) is 18.6. The lowest BCUT2D eigenvalue weighted by molar-refractivity contribution is -0.145. The van der Waals surface area contributed by atoms with Gasteiger partial charge in [-0.25, -0.2) is 0 Å². The molecule has 2 heterocycles. The van der Waals surface area contributed by atoms with E-state index in [0.29, 0.717) is 6.42 Å². The SMILES string of the molecule is O=C(O)C1CCCCN1C(c1ccccc1)c1ccnc2ccccc12. The number of pyridine rings is 1. The standard InChI is InChI=1S/C22H22N2O2/c25-22(26)20-12-6-7-15-24(20)21(16-8-2-1-3-9-16)18-13-14-23-19-11-5-4-10-17(18)19/h1-5,8-11,13-14,20-21H,6-7,12,15H2,(H,25,26). The first-order valence-electron chi connectivity index (χ1n) is 9.13. The molecule has 4 nitrogen and oxygen atoms in total. The van der Waals surface area contributed by atoms with Gasteiger partial charge in [-0.1, -0.05) is 55.0 Å². The number of aliphatic carboxylic acids is 1. The molecular weight excluding hydrogens is 324 g/mol. The normalized spacial score (nSPS) is 19.3. The summed E-state index contributed by atoms with van der Waals surface area (Å²) in [5.74, 6) is -0.732. The molecule has 1 saturated heterocycles. The highest BCUT2D eigenvalue weighted by Crippen LogP contribution is 2.36. The molecule has 4 rings (SSSR count). The number of likely N-dealkylation sites (tertiary alicyclic amines) is 1. The smallest absolute Gasteiger partial charge is 0.320 e. The molecule has 1 aliphatic heterocycles. The number of hydrogen-bond donors (Lipinski definition) is 1. The van der Waals surface area contributed by atoms with Gasteiger partial charge in [-0.05, 0) is 42.6 Å². The minimum absolute atomic E-state index is 0.0921. The lowest BCUT2D eigenvalue weighted by atomic mass is 9.90. The Labute approximate surface area is 153 Å². The Hall–Kier alpha value is -2.72. The van der Waals surface area contributed by atoms with Crippen LogP contribution < -0.4 is 0 Å². The highest BCUT2D eigenvalue weighted by molar-refractivity contribution is 5.83. The largest absolute Gasteiger partial charge is 0.480 e. The summed E-state index contributed by atoms with van der Waals surface area (Å²) in [6.07, 6.45) is 4.51. The van der Waals surface area contributed by atoms with E-state index in [-0.39, 0.29) is 6.04 Å². The van der Waals surface area contributed by atoms with Crippen molar-refractivity contribution in [2.24, 2.45) is 0 Å². The second-order valence-corrected chi connectivity index (χ2v) is 6.82. The van der Waals surface area contributed by atoms with Crippen LogP contribution in [0.3, 0.4) is 0 Å². The molecule has 4 heteroatoms. The maximum Gasteiger partial charge on any atom is 0.320 e. The van der Waals surface area contributed by atoms with E-state index in [1.165, 1.54) is 0 Å². The molecule has 2 atom stereocenters. The van der Waals surface area contributed by atoms with Crippen LogP contribution in [0.4, 0.5) is 0 Å². The molecule has 0 spiro atoms. The molecule has 3 aromatic rings. The van der Waals surface area contributed by atoms with Crippen molar-refractivity contribution in [3.8, 4) is 0 Å². The monoisotopic (exact) mass is 346 g/mol. The summed E-state index contributed by atoms with van der Waals surface area (Å²) in [6, 6.07) is 19.8. The molecule has 132 valence electrons. The van der Waals surface area contributed by atoms with Crippen LogP contribution in [0.15, 0.2) is 66.9 Å². The van der Waals surface area contributed by atoms with Gasteiger partial charge in [0.2, 0.25) is 0 Å². The van der Waals surface area contributed by atoms with Gasteiger partial charge in [0.1, 0.15) is 6.04 Å². The third kappa shape index (κ3) is 3.08. The Morgan fingerprint density at radius 2 is 1.81 bits per heavy atom. The fraction of sp³-hybridized carbons (Fsp3) is 0.273. The van der Waals surface area contributed by atoms with Gasteiger partial charge >= 0.3 is 5.97 Å². The first-order valence-corrected chi connectivity index (χ1v) is 9.13. The second kappa shape index (κ2) is 7.26. The van der Waals surface area contributed by atoms with Crippen molar-refractivity contribution >= 4 is 16.9 Å². The van der Waals surface area contributed by atoms with Gasteiger partial charge in [0.05, 0.1) is 11.6 Å². The minimum Gasteiger partial charge on any atom is -0.480 e. The number of aromatic nitrogens is 1. The van der Waals surface area contributed by atoms with Crippen LogP contribution in [0, 0.1) is 0 Å². The van der Waals surface area contributed by atoms with Crippen molar-refractivity contribution in [1.29, 1.82) is 0 Å². The van der Waals surface area contributed by atoms with Crippen LogP contribution in [0.25, 0.3) is 10.9 Å². The first-order chi connectivity index (χ1) is 12.8. The molecule has 0 radical (unpaired) electrons. The Balaban J connectivity index is 1.90. The number of carboxylic acid groups (broad SMARTS) is 1. The van der Waals surface area contributed by atoms with Gasteiger partial charge < -0.3 is 5.11 Å². The molecular formula is C22H22N2O2. The molecule has 2 unspecified atom stereocenters. The predicted octanol–water partition coefficient (Wildman–Crippen LogP) is 4.26. The van der Waals surface area contributed by atoms with Crippen molar-refractivity contribution < 1.29 is 9.90 Å². The molecule has 1 aliphatic rings. The van der Waals surface area contributed by atoms with E-state index in [9.17, 15) is 9.90 Å². The number of nitrogens with zero attached hydrogens (tertiary/aromatic N) is 2. The molecule has 0 bridgehead atoms. The molecule has 1 fully saturated rings. The number of rotatable bonds is 4. The zero-order valence-corrected chi connectivity index (χ0v) is 14.6. The Kier molecular flexibility index (Phi) is 4.67. The lowest BCUT2D eigenvalue weighted by Gasteiger charge is -2.40. The van der Waals surface area contributed by atoms with Crippen molar-refractivity contribution in [3.05, 3.63) is 78.0 Å². The molecule has 2 aromatic carbocycles. The van der Waals surface area contributed by atoms with Crippen molar-refractivity contribution in [2.45, 2.75) is 31.3 Å². The molecule has 1 aromatic heterocycles. The summed E-state index contributed by atoms with van der Waals surface area (Å²) in [7, 11) is 0. The topological polar surface area (TPSA) is 53.4 Å². The molecule has 0 amide bonds. The highest BCUT2D eigenvalue weighted by Gasteiger charge is 2.35. The Morgan fingerprint density at radius 1 is 1.04 bits per heavy atom. The van der Waals surface area contributed by atoms with Gasteiger partial charge in [-0.3, -0.25) is 14.7 Å². The van der Waals surface area contributed by atoms with Crippen molar-refractivity contribution in [3.63, 3.8) is 0 Å². The van der Waals surface area contributed by atoms with Gasteiger partial charge in [-0.15, -0.1) is 0 Å². The zero-order chi connectivity index (χ0) is 17.9. The van der Waals surface area contributed by atoms with Gasteiger partial charge in [0.15, 0.2) is 0 Å². The van der Waals surface area contributed by atoms with E-state index in [0.717, 1.165) is 41.4 Å². The average Bonchev–Trinajstić information content (AvgIpc) is 2.69.